The van der Waals surface area contributed by atoms with Gasteiger partial charge in [-0.05, 0) is 30.4 Å². The Morgan fingerprint density at radius 2 is 2.10 bits per heavy atom. The topological polar surface area (TPSA) is 88.5 Å². The Hall–Kier alpha value is -1.95. The largest absolute Gasteiger partial charge is 0.477 e. The van der Waals surface area contributed by atoms with Crippen LogP contribution in [0, 0.1) is 5.41 Å². The molecule has 0 bridgehead atoms. The second-order valence-corrected chi connectivity index (χ2v) is 5.34. The van der Waals surface area contributed by atoms with Crippen LogP contribution in [0.1, 0.15) is 40.6 Å². The maximum absolute atomic E-state index is 12.0. The van der Waals surface area contributed by atoms with Gasteiger partial charge in [0.2, 0.25) is 0 Å². The summed E-state index contributed by atoms with van der Waals surface area (Å²) < 4.78 is 5.31. The van der Waals surface area contributed by atoms with Gasteiger partial charge in [0.05, 0.1) is 5.56 Å². The molecule has 0 aliphatic carbocycles. The number of carboxylic acid groups (broad SMARTS) is 1. The maximum atomic E-state index is 12.0. The van der Waals surface area contributed by atoms with Gasteiger partial charge in [-0.15, -0.1) is 0 Å². The van der Waals surface area contributed by atoms with Crippen LogP contribution in [-0.4, -0.2) is 41.7 Å². The van der Waals surface area contributed by atoms with E-state index in [1.54, 1.807) is 0 Å². The lowest BCUT2D eigenvalue weighted by Gasteiger charge is -2.33. The van der Waals surface area contributed by atoms with Crippen molar-refractivity contribution in [2.75, 3.05) is 19.8 Å². The number of nitrogens with zero attached hydrogens (tertiary/aromatic N) is 1. The van der Waals surface area contributed by atoms with Crippen LogP contribution in [0.3, 0.4) is 0 Å². The smallest absolute Gasteiger partial charge is 0.354 e. The first kappa shape index (κ1) is 14.5. The van der Waals surface area contributed by atoms with Crippen LogP contribution in [-0.2, 0) is 4.74 Å². The standard InChI is InChI=1S/C14H18N2O4/c1-14(4-6-20-7-5-14)9-16-12(17)10-2-3-11(13(18)19)15-8-10/h2-3,8H,4-7,9H2,1H3,(H,16,17)(H,18,19). The second-order valence-electron chi connectivity index (χ2n) is 5.34. The van der Waals surface area contributed by atoms with Crippen molar-refractivity contribution in [3.05, 3.63) is 29.6 Å². The molecule has 2 heterocycles. The number of carboxylic acids is 1. The third-order valence-electron chi connectivity index (χ3n) is 3.62. The number of aromatic nitrogens is 1. The van der Waals surface area contributed by atoms with Crippen LogP contribution < -0.4 is 5.32 Å². The number of hydrogen-bond acceptors (Lipinski definition) is 4. The summed E-state index contributed by atoms with van der Waals surface area (Å²) >= 11 is 0. The summed E-state index contributed by atoms with van der Waals surface area (Å²) in [6, 6.07) is 2.80. The summed E-state index contributed by atoms with van der Waals surface area (Å²) in [6.07, 6.45) is 3.12. The molecule has 0 atom stereocenters. The number of rotatable bonds is 4. The third kappa shape index (κ3) is 3.54. The molecule has 6 nitrogen and oxygen atoms in total. The summed E-state index contributed by atoms with van der Waals surface area (Å²) in [6.45, 7) is 4.15. The van der Waals surface area contributed by atoms with Gasteiger partial charge in [0.15, 0.2) is 0 Å². The normalized spacial score (nSPS) is 17.4. The molecule has 1 fully saturated rings. The number of ether oxygens (including phenoxy) is 1. The van der Waals surface area contributed by atoms with Crippen molar-refractivity contribution < 1.29 is 19.4 Å². The number of amides is 1. The van der Waals surface area contributed by atoms with Crippen molar-refractivity contribution in [2.24, 2.45) is 5.41 Å². The number of hydrogen-bond donors (Lipinski definition) is 2. The van der Waals surface area contributed by atoms with Gasteiger partial charge in [-0.3, -0.25) is 4.79 Å². The lowest BCUT2D eigenvalue weighted by atomic mass is 9.82. The highest BCUT2D eigenvalue weighted by molar-refractivity contribution is 5.94. The Balaban J connectivity index is 1.92. The fraction of sp³-hybridized carbons (Fsp3) is 0.500. The van der Waals surface area contributed by atoms with Crippen molar-refractivity contribution in [1.82, 2.24) is 10.3 Å². The highest BCUT2D eigenvalue weighted by Gasteiger charge is 2.27. The van der Waals surface area contributed by atoms with Crippen LogP contribution >= 0.6 is 0 Å². The Morgan fingerprint density at radius 1 is 1.40 bits per heavy atom. The SMILES string of the molecule is CC1(CNC(=O)c2ccc(C(=O)O)nc2)CCOCC1. The number of carbonyl (C=O) groups is 2. The molecule has 0 saturated carbocycles. The number of nitrogens with one attached hydrogen (secondary N) is 1. The Morgan fingerprint density at radius 3 is 2.65 bits per heavy atom. The molecule has 0 unspecified atom stereocenters. The third-order valence-corrected chi connectivity index (χ3v) is 3.62. The minimum atomic E-state index is -1.10. The fourth-order valence-electron chi connectivity index (χ4n) is 2.09. The van der Waals surface area contributed by atoms with E-state index in [0.717, 1.165) is 26.1 Å². The lowest BCUT2D eigenvalue weighted by molar-refractivity contribution is 0.0238. The van der Waals surface area contributed by atoms with E-state index in [4.69, 9.17) is 9.84 Å². The molecule has 0 radical (unpaired) electrons. The quantitative estimate of drug-likeness (QED) is 0.867. The predicted octanol–water partition coefficient (Wildman–Crippen LogP) is 1.33. The van der Waals surface area contributed by atoms with E-state index < -0.39 is 5.97 Å². The zero-order chi connectivity index (χ0) is 14.6. The van der Waals surface area contributed by atoms with E-state index in [9.17, 15) is 9.59 Å². The predicted molar refractivity (Wildman–Crippen MR) is 71.7 cm³/mol. The van der Waals surface area contributed by atoms with Crippen molar-refractivity contribution in [3.63, 3.8) is 0 Å². The summed E-state index contributed by atoms with van der Waals surface area (Å²) in [7, 11) is 0. The average molecular weight is 278 g/mol. The molecular formula is C14H18N2O4. The molecule has 1 saturated heterocycles. The number of aromatic carboxylic acids is 1. The first-order chi connectivity index (χ1) is 9.50. The van der Waals surface area contributed by atoms with Gasteiger partial charge in [0, 0.05) is 26.0 Å². The average Bonchev–Trinajstić information content (AvgIpc) is 2.46. The first-order valence-electron chi connectivity index (χ1n) is 6.55. The van der Waals surface area contributed by atoms with Crippen LogP contribution in [0.15, 0.2) is 18.3 Å². The van der Waals surface area contributed by atoms with E-state index in [0.29, 0.717) is 12.1 Å². The van der Waals surface area contributed by atoms with E-state index in [-0.39, 0.29) is 17.0 Å². The fourth-order valence-corrected chi connectivity index (χ4v) is 2.09. The summed E-state index contributed by atoms with van der Waals surface area (Å²) in [5.41, 5.74) is 0.353. The first-order valence-corrected chi connectivity index (χ1v) is 6.55. The molecule has 2 rings (SSSR count). The van der Waals surface area contributed by atoms with Gasteiger partial charge in [0.1, 0.15) is 5.69 Å². The van der Waals surface area contributed by atoms with Crippen LogP contribution in [0.2, 0.25) is 0 Å². The van der Waals surface area contributed by atoms with Crippen LogP contribution in [0.5, 0.6) is 0 Å². The van der Waals surface area contributed by atoms with Gasteiger partial charge < -0.3 is 15.2 Å². The molecule has 0 aromatic carbocycles. The van der Waals surface area contributed by atoms with Crippen molar-refractivity contribution in [3.8, 4) is 0 Å². The minimum absolute atomic E-state index is 0.0579. The summed E-state index contributed by atoms with van der Waals surface area (Å²) in [4.78, 5) is 26.4. The Labute approximate surface area is 117 Å². The Kier molecular flexibility index (Phi) is 4.34. The zero-order valence-electron chi connectivity index (χ0n) is 11.4. The van der Waals surface area contributed by atoms with Crippen molar-refractivity contribution in [2.45, 2.75) is 19.8 Å². The molecule has 2 N–H and O–H groups in total. The molecular weight excluding hydrogens is 260 g/mol. The molecule has 108 valence electrons. The Bertz CT molecular complexity index is 492. The molecule has 1 aliphatic rings. The van der Waals surface area contributed by atoms with Crippen LogP contribution in [0.25, 0.3) is 0 Å². The highest BCUT2D eigenvalue weighted by atomic mass is 16.5. The van der Waals surface area contributed by atoms with E-state index in [1.807, 2.05) is 0 Å². The van der Waals surface area contributed by atoms with Crippen molar-refractivity contribution in [1.29, 1.82) is 0 Å². The van der Waals surface area contributed by atoms with Gasteiger partial charge in [-0.1, -0.05) is 6.92 Å². The zero-order valence-corrected chi connectivity index (χ0v) is 11.4. The number of pyridine rings is 1. The number of carbonyl (C=O) groups excluding carboxylic acids is 1. The van der Waals surface area contributed by atoms with Gasteiger partial charge in [-0.25, -0.2) is 9.78 Å². The highest BCUT2D eigenvalue weighted by Crippen LogP contribution is 2.28. The van der Waals surface area contributed by atoms with Gasteiger partial charge >= 0.3 is 5.97 Å². The maximum Gasteiger partial charge on any atom is 0.354 e. The molecule has 1 aliphatic heterocycles. The molecule has 6 heteroatoms. The van der Waals surface area contributed by atoms with E-state index >= 15 is 0 Å². The summed E-state index contributed by atoms with van der Waals surface area (Å²) in [5, 5.41) is 11.6. The second kappa shape index (κ2) is 6.00. The van der Waals surface area contributed by atoms with Crippen molar-refractivity contribution >= 4 is 11.9 Å². The van der Waals surface area contributed by atoms with E-state index in [2.05, 4.69) is 17.2 Å². The van der Waals surface area contributed by atoms with Gasteiger partial charge in [0.25, 0.3) is 5.91 Å². The molecule has 0 spiro atoms. The minimum Gasteiger partial charge on any atom is -0.477 e. The lowest BCUT2D eigenvalue weighted by Crippen LogP contribution is -2.39. The molecule has 20 heavy (non-hydrogen) atoms. The monoisotopic (exact) mass is 278 g/mol. The van der Waals surface area contributed by atoms with Gasteiger partial charge in [-0.2, -0.15) is 0 Å². The summed E-state index contributed by atoms with van der Waals surface area (Å²) in [5.74, 6) is -1.34. The molecule has 1 amide bonds. The molecule has 1 aromatic rings. The van der Waals surface area contributed by atoms with Crippen LogP contribution in [0.4, 0.5) is 0 Å². The van der Waals surface area contributed by atoms with E-state index in [1.165, 1.54) is 18.3 Å². The molecule has 1 aromatic heterocycles.